The molecule has 2 aromatic rings. The van der Waals surface area contributed by atoms with Gasteiger partial charge in [0, 0.05) is 24.3 Å². The molecule has 0 aliphatic carbocycles. The molecule has 6 nitrogen and oxygen atoms in total. The summed E-state index contributed by atoms with van der Waals surface area (Å²) in [5.74, 6) is -0.373. The van der Waals surface area contributed by atoms with Crippen molar-refractivity contribution in [2.45, 2.75) is 6.92 Å². The first-order valence-corrected chi connectivity index (χ1v) is 7.11. The summed E-state index contributed by atoms with van der Waals surface area (Å²) >= 11 is 0. The van der Waals surface area contributed by atoms with Gasteiger partial charge in [0.15, 0.2) is 0 Å². The van der Waals surface area contributed by atoms with Gasteiger partial charge in [-0.3, -0.25) is 5.10 Å². The molecule has 2 heterocycles. The van der Waals surface area contributed by atoms with Crippen LogP contribution in [-0.2, 0) is 4.74 Å². The van der Waals surface area contributed by atoms with Crippen LogP contribution >= 0.6 is 0 Å². The summed E-state index contributed by atoms with van der Waals surface area (Å²) in [6, 6.07) is 4.14. The molecule has 1 saturated heterocycles. The number of aromatic amines is 1. The number of hydrogen-bond donors (Lipinski definition) is 3. The second kappa shape index (κ2) is 7.24. The summed E-state index contributed by atoms with van der Waals surface area (Å²) in [5, 5.41) is 6.78. The molecule has 1 aromatic carbocycles. The number of morpholine rings is 1. The molecule has 0 spiro atoms. The van der Waals surface area contributed by atoms with E-state index in [1.54, 1.807) is 6.07 Å². The Morgan fingerprint density at radius 1 is 1.27 bits per heavy atom. The van der Waals surface area contributed by atoms with Crippen molar-refractivity contribution in [1.29, 1.82) is 0 Å². The molecule has 5 N–H and O–H groups in total. The topological polar surface area (TPSA) is 93.2 Å². The van der Waals surface area contributed by atoms with E-state index in [4.69, 9.17) is 16.2 Å². The lowest BCUT2D eigenvalue weighted by Crippen LogP contribution is -2.32. The van der Waals surface area contributed by atoms with Gasteiger partial charge in [-0.25, -0.2) is 4.39 Å². The van der Waals surface area contributed by atoms with Gasteiger partial charge in [0.2, 0.25) is 0 Å². The van der Waals surface area contributed by atoms with Crippen LogP contribution in [0.15, 0.2) is 18.2 Å². The van der Waals surface area contributed by atoms with Gasteiger partial charge in [-0.1, -0.05) is 0 Å². The Kier molecular flexibility index (Phi) is 5.35. The van der Waals surface area contributed by atoms with Crippen LogP contribution in [0.1, 0.15) is 5.69 Å². The zero-order valence-corrected chi connectivity index (χ0v) is 12.9. The normalized spacial score (nSPS) is 15.2. The van der Waals surface area contributed by atoms with Crippen LogP contribution < -0.4 is 11.5 Å². The summed E-state index contributed by atoms with van der Waals surface area (Å²) in [5.41, 5.74) is 14.3. The molecule has 0 atom stereocenters. The van der Waals surface area contributed by atoms with Crippen molar-refractivity contribution in [3.8, 4) is 11.3 Å². The lowest BCUT2D eigenvalue weighted by atomic mass is 10.1. The predicted octanol–water partition coefficient (Wildman–Crippen LogP) is 1.64. The van der Waals surface area contributed by atoms with Gasteiger partial charge in [-0.15, -0.1) is 0 Å². The Hall–Kier alpha value is -2.12. The fourth-order valence-corrected chi connectivity index (χ4v) is 2.05. The van der Waals surface area contributed by atoms with Crippen molar-refractivity contribution in [2.24, 2.45) is 0 Å². The Morgan fingerprint density at radius 2 is 1.95 bits per heavy atom. The van der Waals surface area contributed by atoms with Crippen molar-refractivity contribution in [2.75, 3.05) is 44.8 Å². The molecule has 3 rings (SSSR count). The first-order valence-electron chi connectivity index (χ1n) is 7.11. The lowest BCUT2D eigenvalue weighted by Gasteiger charge is -2.21. The Bertz CT molecular complexity index is 622. The Balaban J connectivity index is 0.000000211. The van der Waals surface area contributed by atoms with Gasteiger partial charge in [0.1, 0.15) is 11.5 Å². The summed E-state index contributed by atoms with van der Waals surface area (Å²) < 4.78 is 17.9. The van der Waals surface area contributed by atoms with Crippen molar-refractivity contribution in [3.05, 3.63) is 29.7 Å². The average Bonchev–Trinajstić information content (AvgIpc) is 2.81. The largest absolute Gasteiger partial charge is 0.398 e. The van der Waals surface area contributed by atoms with E-state index in [-0.39, 0.29) is 5.82 Å². The molecule has 1 fully saturated rings. The SMILES string of the molecule is CN1CCOCC1.Cc1[nH]nc(-c2ccc(F)cc2N)c1N. The Morgan fingerprint density at radius 3 is 2.41 bits per heavy atom. The number of hydrogen-bond acceptors (Lipinski definition) is 5. The minimum atomic E-state index is -0.373. The van der Waals surface area contributed by atoms with E-state index < -0.39 is 0 Å². The van der Waals surface area contributed by atoms with E-state index in [1.807, 2.05) is 6.92 Å². The third-order valence-corrected chi connectivity index (χ3v) is 3.50. The number of ether oxygens (including phenoxy) is 1. The fourth-order valence-electron chi connectivity index (χ4n) is 2.05. The zero-order valence-electron chi connectivity index (χ0n) is 12.9. The second-order valence-corrected chi connectivity index (χ2v) is 5.26. The van der Waals surface area contributed by atoms with Crippen molar-refractivity contribution >= 4 is 11.4 Å². The summed E-state index contributed by atoms with van der Waals surface area (Å²) in [6.45, 7) is 5.83. The second-order valence-electron chi connectivity index (χ2n) is 5.26. The highest BCUT2D eigenvalue weighted by Gasteiger charge is 2.12. The smallest absolute Gasteiger partial charge is 0.125 e. The van der Waals surface area contributed by atoms with Crippen LogP contribution in [0.25, 0.3) is 11.3 Å². The Labute approximate surface area is 129 Å². The molecular weight excluding hydrogens is 285 g/mol. The number of benzene rings is 1. The van der Waals surface area contributed by atoms with Crippen molar-refractivity contribution in [3.63, 3.8) is 0 Å². The van der Waals surface area contributed by atoms with Gasteiger partial charge < -0.3 is 21.1 Å². The molecule has 120 valence electrons. The number of likely N-dealkylation sites (N-methyl/N-ethyl adjacent to an activating group) is 1. The number of rotatable bonds is 1. The minimum absolute atomic E-state index is 0.327. The molecular formula is C15H22FN5O. The van der Waals surface area contributed by atoms with Gasteiger partial charge >= 0.3 is 0 Å². The number of nitrogens with one attached hydrogen (secondary N) is 1. The molecule has 1 aliphatic heterocycles. The number of H-pyrrole nitrogens is 1. The van der Waals surface area contributed by atoms with E-state index in [0.717, 1.165) is 32.0 Å². The van der Waals surface area contributed by atoms with Gasteiger partial charge in [0.25, 0.3) is 0 Å². The molecule has 0 amide bonds. The number of aromatic nitrogens is 2. The molecule has 0 bridgehead atoms. The first kappa shape index (κ1) is 16.3. The number of nitrogens with zero attached hydrogens (tertiary/aromatic N) is 2. The van der Waals surface area contributed by atoms with Crippen LogP contribution in [0.4, 0.5) is 15.8 Å². The van der Waals surface area contributed by atoms with Gasteiger partial charge in [-0.05, 0) is 32.2 Å². The molecule has 7 heteroatoms. The molecule has 0 saturated carbocycles. The highest BCUT2D eigenvalue weighted by molar-refractivity contribution is 5.82. The highest BCUT2D eigenvalue weighted by atomic mass is 19.1. The van der Waals surface area contributed by atoms with Crippen LogP contribution in [-0.4, -0.2) is 48.4 Å². The standard InChI is InChI=1S/C10H11FN4.C5H11NO/c1-5-9(13)10(15-14-5)7-3-2-6(11)4-8(7)12;1-6-2-4-7-5-3-6/h2-4H,12-13H2,1H3,(H,14,15);2-5H2,1H3. The number of nitrogen functional groups attached to an aromatic ring is 2. The molecule has 22 heavy (non-hydrogen) atoms. The number of aryl methyl sites for hydroxylation is 1. The van der Waals surface area contributed by atoms with E-state index in [9.17, 15) is 4.39 Å². The predicted molar refractivity (Wildman–Crippen MR) is 85.9 cm³/mol. The zero-order chi connectivity index (χ0) is 16.1. The van der Waals surface area contributed by atoms with E-state index >= 15 is 0 Å². The lowest BCUT2D eigenvalue weighted by molar-refractivity contribution is 0.0503. The third-order valence-electron chi connectivity index (χ3n) is 3.50. The summed E-state index contributed by atoms with van der Waals surface area (Å²) in [7, 11) is 2.11. The van der Waals surface area contributed by atoms with Crippen molar-refractivity contribution in [1.82, 2.24) is 15.1 Å². The van der Waals surface area contributed by atoms with Crippen LogP contribution in [0.5, 0.6) is 0 Å². The molecule has 0 radical (unpaired) electrons. The fraction of sp³-hybridized carbons (Fsp3) is 0.400. The minimum Gasteiger partial charge on any atom is -0.398 e. The summed E-state index contributed by atoms with van der Waals surface area (Å²) in [4.78, 5) is 2.27. The number of nitrogens with two attached hydrogens (primary N) is 2. The number of halogens is 1. The summed E-state index contributed by atoms with van der Waals surface area (Å²) in [6.07, 6.45) is 0. The maximum atomic E-state index is 12.8. The molecule has 0 unspecified atom stereocenters. The molecule has 1 aromatic heterocycles. The van der Waals surface area contributed by atoms with Crippen molar-refractivity contribution < 1.29 is 9.13 Å². The highest BCUT2D eigenvalue weighted by Crippen LogP contribution is 2.30. The van der Waals surface area contributed by atoms with E-state index in [0.29, 0.717) is 22.6 Å². The van der Waals surface area contributed by atoms with E-state index in [1.165, 1.54) is 12.1 Å². The monoisotopic (exact) mass is 307 g/mol. The first-order chi connectivity index (χ1) is 10.5. The number of anilines is 2. The third kappa shape index (κ3) is 3.96. The van der Waals surface area contributed by atoms with Crippen LogP contribution in [0.2, 0.25) is 0 Å². The van der Waals surface area contributed by atoms with Crippen LogP contribution in [0.3, 0.4) is 0 Å². The van der Waals surface area contributed by atoms with Gasteiger partial charge in [-0.2, -0.15) is 5.10 Å². The maximum Gasteiger partial charge on any atom is 0.125 e. The quantitative estimate of drug-likeness (QED) is 0.696. The van der Waals surface area contributed by atoms with Gasteiger partial charge in [0.05, 0.1) is 24.6 Å². The van der Waals surface area contributed by atoms with E-state index in [2.05, 4.69) is 22.1 Å². The molecule has 1 aliphatic rings. The maximum absolute atomic E-state index is 12.8. The average molecular weight is 307 g/mol. The van der Waals surface area contributed by atoms with Crippen LogP contribution in [0, 0.1) is 12.7 Å².